The molecule has 0 bridgehead atoms. The highest BCUT2D eigenvalue weighted by Crippen LogP contribution is 2.30. The highest BCUT2D eigenvalue weighted by Gasteiger charge is 2.16. The zero-order valence-corrected chi connectivity index (χ0v) is 13.7. The van der Waals surface area contributed by atoms with Gasteiger partial charge in [-0.1, -0.05) is 44.2 Å². The Morgan fingerprint density at radius 2 is 1.95 bits per heavy atom. The Bertz CT molecular complexity index is 620. The highest BCUT2D eigenvalue weighted by molar-refractivity contribution is 7.99. The van der Waals surface area contributed by atoms with E-state index >= 15 is 0 Å². The van der Waals surface area contributed by atoms with Crippen molar-refractivity contribution in [2.75, 3.05) is 12.4 Å². The standard InChI is InChI=1S/C18H22O2S/c1-4-20-17-10-9-14-7-5-6-8-15(14)18(17)16(19)11-12-21-13(2)3/h5-10,13H,4,11-12H2,1-3H3. The molecule has 3 heteroatoms. The number of ether oxygens (including phenoxy) is 1. The van der Waals surface area contributed by atoms with Crippen molar-refractivity contribution >= 4 is 28.3 Å². The molecular weight excluding hydrogens is 280 g/mol. The molecule has 0 saturated carbocycles. The number of thioether (sulfide) groups is 1. The van der Waals surface area contributed by atoms with Crippen LogP contribution in [0.3, 0.4) is 0 Å². The van der Waals surface area contributed by atoms with Gasteiger partial charge in [-0.2, -0.15) is 11.8 Å². The Kier molecular flexibility index (Phi) is 5.68. The Hall–Kier alpha value is -1.48. The number of rotatable bonds is 7. The van der Waals surface area contributed by atoms with Gasteiger partial charge in [0.15, 0.2) is 5.78 Å². The van der Waals surface area contributed by atoms with Gasteiger partial charge in [0.2, 0.25) is 0 Å². The Balaban J connectivity index is 2.34. The zero-order chi connectivity index (χ0) is 15.2. The number of benzene rings is 2. The van der Waals surface area contributed by atoms with E-state index in [-0.39, 0.29) is 5.78 Å². The first kappa shape index (κ1) is 15.9. The molecule has 0 spiro atoms. The molecule has 2 aromatic carbocycles. The van der Waals surface area contributed by atoms with Crippen LogP contribution < -0.4 is 4.74 Å². The summed E-state index contributed by atoms with van der Waals surface area (Å²) in [6.07, 6.45) is 0.553. The molecule has 2 rings (SSSR count). The third-order valence-electron chi connectivity index (χ3n) is 3.25. The quantitative estimate of drug-likeness (QED) is 0.677. The van der Waals surface area contributed by atoms with Crippen molar-refractivity contribution in [3.63, 3.8) is 0 Å². The van der Waals surface area contributed by atoms with Crippen LogP contribution in [-0.2, 0) is 0 Å². The number of fused-ring (bicyclic) bond motifs is 1. The van der Waals surface area contributed by atoms with E-state index in [0.717, 1.165) is 22.1 Å². The van der Waals surface area contributed by atoms with Crippen molar-refractivity contribution in [1.29, 1.82) is 0 Å². The van der Waals surface area contributed by atoms with Gasteiger partial charge < -0.3 is 4.74 Å². The minimum absolute atomic E-state index is 0.170. The van der Waals surface area contributed by atoms with Gasteiger partial charge in [-0.25, -0.2) is 0 Å². The van der Waals surface area contributed by atoms with Gasteiger partial charge in [-0.15, -0.1) is 0 Å². The number of hydrogen-bond acceptors (Lipinski definition) is 3. The fourth-order valence-electron chi connectivity index (χ4n) is 2.33. The third kappa shape index (κ3) is 4.01. The molecule has 0 aliphatic rings. The van der Waals surface area contributed by atoms with Crippen molar-refractivity contribution in [1.82, 2.24) is 0 Å². The highest BCUT2D eigenvalue weighted by atomic mass is 32.2. The molecule has 112 valence electrons. The maximum Gasteiger partial charge on any atom is 0.168 e. The van der Waals surface area contributed by atoms with E-state index in [1.807, 2.05) is 55.1 Å². The van der Waals surface area contributed by atoms with E-state index in [4.69, 9.17) is 4.74 Å². The predicted octanol–water partition coefficient (Wildman–Crippen LogP) is 4.95. The summed E-state index contributed by atoms with van der Waals surface area (Å²) in [6, 6.07) is 11.9. The molecule has 2 nitrogen and oxygen atoms in total. The topological polar surface area (TPSA) is 26.3 Å². The number of carbonyl (C=O) groups is 1. The smallest absolute Gasteiger partial charge is 0.168 e. The first-order valence-corrected chi connectivity index (χ1v) is 8.47. The average molecular weight is 302 g/mol. The Labute approximate surface area is 130 Å². The lowest BCUT2D eigenvalue weighted by molar-refractivity contribution is 0.0987. The monoisotopic (exact) mass is 302 g/mol. The largest absolute Gasteiger partial charge is 0.493 e. The van der Waals surface area contributed by atoms with Crippen LogP contribution in [0.25, 0.3) is 10.8 Å². The second-order valence-corrected chi connectivity index (χ2v) is 6.87. The van der Waals surface area contributed by atoms with E-state index in [0.29, 0.717) is 24.0 Å². The van der Waals surface area contributed by atoms with Crippen LogP contribution >= 0.6 is 11.8 Å². The maximum absolute atomic E-state index is 12.6. The second kappa shape index (κ2) is 7.51. The lowest BCUT2D eigenvalue weighted by atomic mass is 9.99. The number of hydrogen-bond donors (Lipinski definition) is 0. The molecule has 0 fully saturated rings. The summed E-state index contributed by atoms with van der Waals surface area (Å²) >= 11 is 1.82. The normalized spacial score (nSPS) is 11.0. The lowest BCUT2D eigenvalue weighted by Crippen LogP contribution is -2.07. The third-order valence-corrected chi connectivity index (χ3v) is 4.36. The first-order chi connectivity index (χ1) is 10.1. The molecule has 0 atom stereocenters. The van der Waals surface area contributed by atoms with E-state index in [9.17, 15) is 4.79 Å². The summed E-state index contributed by atoms with van der Waals surface area (Å²) in [5.41, 5.74) is 0.735. The molecule has 21 heavy (non-hydrogen) atoms. The van der Waals surface area contributed by atoms with Crippen molar-refractivity contribution in [3.05, 3.63) is 42.0 Å². The number of Topliss-reactive ketones (excluding diaryl/α,β-unsaturated/α-hetero) is 1. The van der Waals surface area contributed by atoms with Crippen LogP contribution in [0, 0.1) is 0 Å². The van der Waals surface area contributed by atoms with Gasteiger partial charge in [-0.05, 0) is 29.0 Å². The molecule has 0 aliphatic carbocycles. The summed E-state index contributed by atoms with van der Waals surface area (Å²) in [5, 5.41) is 2.63. The minimum Gasteiger partial charge on any atom is -0.493 e. The summed E-state index contributed by atoms with van der Waals surface area (Å²) < 4.78 is 5.67. The lowest BCUT2D eigenvalue weighted by Gasteiger charge is -2.13. The molecule has 0 heterocycles. The van der Waals surface area contributed by atoms with Crippen molar-refractivity contribution in [2.45, 2.75) is 32.4 Å². The van der Waals surface area contributed by atoms with E-state index in [1.54, 1.807) is 0 Å². The average Bonchev–Trinajstić information content (AvgIpc) is 2.46. The van der Waals surface area contributed by atoms with Crippen LogP contribution in [0.4, 0.5) is 0 Å². The molecule has 0 N–H and O–H groups in total. The van der Waals surface area contributed by atoms with Crippen LogP contribution in [-0.4, -0.2) is 23.4 Å². The van der Waals surface area contributed by atoms with Crippen LogP contribution in [0.2, 0.25) is 0 Å². The number of ketones is 1. The molecule has 0 saturated heterocycles. The van der Waals surface area contributed by atoms with E-state index < -0.39 is 0 Å². The van der Waals surface area contributed by atoms with Gasteiger partial charge in [0.1, 0.15) is 5.75 Å². The Morgan fingerprint density at radius 3 is 2.67 bits per heavy atom. The van der Waals surface area contributed by atoms with Crippen LogP contribution in [0.5, 0.6) is 5.75 Å². The predicted molar refractivity (Wildman–Crippen MR) is 91.7 cm³/mol. The molecule has 2 aromatic rings. The first-order valence-electron chi connectivity index (χ1n) is 7.42. The Morgan fingerprint density at radius 1 is 1.19 bits per heavy atom. The minimum atomic E-state index is 0.170. The van der Waals surface area contributed by atoms with E-state index in [1.165, 1.54) is 0 Å². The molecule has 0 aliphatic heterocycles. The summed E-state index contributed by atoms with van der Waals surface area (Å²) in [4.78, 5) is 12.6. The van der Waals surface area contributed by atoms with Crippen LogP contribution in [0.15, 0.2) is 36.4 Å². The fraction of sp³-hybridized carbons (Fsp3) is 0.389. The SMILES string of the molecule is CCOc1ccc2ccccc2c1C(=O)CCSC(C)C. The van der Waals surface area contributed by atoms with Gasteiger partial charge in [-0.3, -0.25) is 4.79 Å². The molecule has 0 aromatic heterocycles. The van der Waals surface area contributed by atoms with E-state index in [2.05, 4.69) is 13.8 Å². The van der Waals surface area contributed by atoms with Crippen molar-refractivity contribution < 1.29 is 9.53 Å². The van der Waals surface area contributed by atoms with Crippen molar-refractivity contribution in [3.8, 4) is 5.75 Å². The molecule has 0 amide bonds. The summed E-state index contributed by atoms with van der Waals surface area (Å²) in [7, 11) is 0. The molecule has 0 radical (unpaired) electrons. The summed E-state index contributed by atoms with van der Waals surface area (Å²) in [5.74, 6) is 1.73. The molecule has 0 unspecified atom stereocenters. The van der Waals surface area contributed by atoms with Gasteiger partial charge in [0.05, 0.1) is 12.2 Å². The van der Waals surface area contributed by atoms with Crippen molar-refractivity contribution in [2.24, 2.45) is 0 Å². The van der Waals surface area contributed by atoms with Gasteiger partial charge >= 0.3 is 0 Å². The van der Waals surface area contributed by atoms with Gasteiger partial charge in [0, 0.05) is 12.2 Å². The van der Waals surface area contributed by atoms with Crippen LogP contribution in [0.1, 0.15) is 37.6 Å². The van der Waals surface area contributed by atoms with Gasteiger partial charge in [0.25, 0.3) is 0 Å². The molecular formula is C18H22O2S. The summed E-state index contributed by atoms with van der Waals surface area (Å²) in [6.45, 7) is 6.81. The second-order valence-electron chi connectivity index (χ2n) is 5.19. The number of carbonyl (C=O) groups excluding carboxylic acids is 1. The maximum atomic E-state index is 12.6. The zero-order valence-electron chi connectivity index (χ0n) is 12.9. The fourth-order valence-corrected chi connectivity index (χ4v) is 3.10.